The number of ether oxygens (including phenoxy) is 1. The van der Waals surface area contributed by atoms with Crippen LogP contribution in [0.5, 0.6) is 5.75 Å². The van der Waals surface area contributed by atoms with E-state index in [1.807, 2.05) is 35.2 Å². The molecule has 7 nitrogen and oxygen atoms in total. The number of hydrogen-bond acceptors (Lipinski definition) is 6. The molecule has 1 aliphatic rings. The molecule has 0 saturated carbocycles. The molecule has 4 rings (SSSR count). The van der Waals surface area contributed by atoms with E-state index in [2.05, 4.69) is 10.1 Å². The molecule has 1 atom stereocenters. The predicted molar refractivity (Wildman–Crippen MR) is 91.7 cm³/mol. The molecule has 3 heterocycles. The van der Waals surface area contributed by atoms with Crippen molar-refractivity contribution >= 4 is 5.91 Å². The van der Waals surface area contributed by atoms with Crippen molar-refractivity contribution in [3.8, 4) is 5.75 Å². The van der Waals surface area contributed by atoms with Crippen LogP contribution >= 0.6 is 0 Å². The van der Waals surface area contributed by atoms with E-state index in [0.717, 1.165) is 25.1 Å². The fourth-order valence-electron chi connectivity index (χ4n) is 3.10. The first-order valence-corrected chi connectivity index (χ1v) is 8.61. The minimum Gasteiger partial charge on any atom is -0.484 e. The number of para-hydroxylation sites is 1. The van der Waals surface area contributed by atoms with Gasteiger partial charge in [0.1, 0.15) is 12.0 Å². The van der Waals surface area contributed by atoms with Crippen LogP contribution in [0.2, 0.25) is 0 Å². The lowest BCUT2D eigenvalue weighted by Crippen LogP contribution is -2.39. The molecular weight excluding hydrogens is 334 g/mol. The molecule has 0 aliphatic carbocycles. The van der Waals surface area contributed by atoms with Gasteiger partial charge in [-0.2, -0.15) is 4.98 Å². The Kier molecular flexibility index (Phi) is 4.68. The molecule has 1 unspecified atom stereocenters. The molecule has 134 valence electrons. The van der Waals surface area contributed by atoms with Crippen molar-refractivity contribution in [3.05, 3.63) is 66.2 Å². The Balaban J connectivity index is 1.38. The van der Waals surface area contributed by atoms with Gasteiger partial charge in [0.15, 0.2) is 12.4 Å². The molecule has 0 spiro atoms. The fourth-order valence-corrected chi connectivity index (χ4v) is 3.10. The number of hydrogen-bond donors (Lipinski definition) is 0. The van der Waals surface area contributed by atoms with Crippen molar-refractivity contribution in [1.29, 1.82) is 0 Å². The van der Waals surface area contributed by atoms with E-state index in [4.69, 9.17) is 13.7 Å². The summed E-state index contributed by atoms with van der Waals surface area (Å²) in [6.45, 7) is 1.52. The van der Waals surface area contributed by atoms with Crippen LogP contribution < -0.4 is 4.74 Å². The minimum atomic E-state index is -0.0282. The number of aromatic nitrogens is 2. The van der Waals surface area contributed by atoms with E-state index in [1.54, 1.807) is 6.07 Å². The van der Waals surface area contributed by atoms with Crippen LogP contribution in [0.1, 0.15) is 40.8 Å². The average Bonchev–Trinajstić information content (AvgIpc) is 3.39. The van der Waals surface area contributed by atoms with Gasteiger partial charge in [-0.3, -0.25) is 4.79 Å². The molecule has 2 aromatic heterocycles. The van der Waals surface area contributed by atoms with E-state index in [-0.39, 0.29) is 18.4 Å². The van der Waals surface area contributed by atoms with Gasteiger partial charge in [-0.05, 0) is 31.0 Å². The van der Waals surface area contributed by atoms with Gasteiger partial charge in [0.25, 0.3) is 11.8 Å². The molecule has 1 fully saturated rings. The van der Waals surface area contributed by atoms with E-state index in [1.165, 1.54) is 12.5 Å². The van der Waals surface area contributed by atoms with Gasteiger partial charge >= 0.3 is 0 Å². The molecule has 0 bridgehead atoms. The van der Waals surface area contributed by atoms with Crippen molar-refractivity contribution in [2.75, 3.05) is 13.1 Å². The molecule has 7 heteroatoms. The number of amides is 1. The van der Waals surface area contributed by atoms with Crippen molar-refractivity contribution in [3.63, 3.8) is 0 Å². The molecule has 0 N–H and O–H groups in total. The van der Waals surface area contributed by atoms with Crippen LogP contribution in [0.3, 0.4) is 0 Å². The summed E-state index contributed by atoms with van der Waals surface area (Å²) in [6.07, 6.45) is 4.80. The fraction of sp³-hybridized carbons (Fsp3) is 0.316. The van der Waals surface area contributed by atoms with Crippen LogP contribution in [-0.2, 0) is 6.61 Å². The maximum Gasteiger partial charge on any atom is 0.264 e. The van der Waals surface area contributed by atoms with Gasteiger partial charge in [0.05, 0.1) is 11.8 Å². The zero-order valence-corrected chi connectivity index (χ0v) is 14.2. The first-order chi connectivity index (χ1) is 12.8. The summed E-state index contributed by atoms with van der Waals surface area (Å²) in [5, 5.41) is 4.09. The number of likely N-dealkylation sites (tertiary alicyclic amines) is 1. The summed E-state index contributed by atoms with van der Waals surface area (Å²) >= 11 is 0. The lowest BCUT2D eigenvalue weighted by molar-refractivity contribution is 0.0703. The first-order valence-electron chi connectivity index (χ1n) is 8.61. The van der Waals surface area contributed by atoms with Gasteiger partial charge in [0.2, 0.25) is 0 Å². The Morgan fingerprint density at radius 1 is 1.27 bits per heavy atom. The Bertz CT molecular complexity index is 845. The van der Waals surface area contributed by atoms with Crippen LogP contribution in [0.25, 0.3) is 0 Å². The van der Waals surface area contributed by atoms with Crippen molar-refractivity contribution in [2.45, 2.75) is 25.4 Å². The number of piperidine rings is 1. The zero-order chi connectivity index (χ0) is 17.8. The molecule has 3 aromatic rings. The third-order valence-corrected chi connectivity index (χ3v) is 4.43. The highest BCUT2D eigenvalue weighted by atomic mass is 16.5. The highest BCUT2D eigenvalue weighted by molar-refractivity contribution is 5.93. The van der Waals surface area contributed by atoms with Gasteiger partial charge in [-0.1, -0.05) is 23.4 Å². The van der Waals surface area contributed by atoms with Gasteiger partial charge < -0.3 is 18.6 Å². The normalized spacial score (nSPS) is 17.2. The monoisotopic (exact) mass is 353 g/mol. The molecule has 1 amide bonds. The Morgan fingerprint density at radius 3 is 2.96 bits per heavy atom. The summed E-state index contributed by atoms with van der Waals surface area (Å²) in [6, 6.07) is 11.2. The quantitative estimate of drug-likeness (QED) is 0.700. The van der Waals surface area contributed by atoms with Crippen molar-refractivity contribution in [2.24, 2.45) is 0 Å². The van der Waals surface area contributed by atoms with Crippen LogP contribution in [-0.4, -0.2) is 34.0 Å². The van der Waals surface area contributed by atoms with E-state index >= 15 is 0 Å². The van der Waals surface area contributed by atoms with Crippen LogP contribution in [0, 0.1) is 0 Å². The lowest BCUT2D eigenvalue weighted by Gasteiger charge is -2.30. The summed E-state index contributed by atoms with van der Waals surface area (Å²) in [7, 11) is 0. The van der Waals surface area contributed by atoms with E-state index in [9.17, 15) is 4.79 Å². The summed E-state index contributed by atoms with van der Waals surface area (Å²) in [5.41, 5.74) is 0.565. The maximum absolute atomic E-state index is 12.5. The zero-order valence-electron chi connectivity index (χ0n) is 14.2. The molecule has 26 heavy (non-hydrogen) atoms. The number of furan rings is 1. The summed E-state index contributed by atoms with van der Waals surface area (Å²) < 4.78 is 15.9. The maximum atomic E-state index is 12.5. The Labute approximate surface area is 150 Å². The molecule has 1 aromatic carbocycles. The molecular formula is C19H19N3O4. The summed E-state index contributed by atoms with van der Waals surface area (Å²) in [5.74, 6) is 1.85. The Morgan fingerprint density at radius 2 is 2.15 bits per heavy atom. The summed E-state index contributed by atoms with van der Waals surface area (Å²) in [4.78, 5) is 18.7. The van der Waals surface area contributed by atoms with Gasteiger partial charge in [0, 0.05) is 19.0 Å². The average molecular weight is 353 g/mol. The highest BCUT2D eigenvalue weighted by Crippen LogP contribution is 2.26. The van der Waals surface area contributed by atoms with E-state index in [0.29, 0.717) is 23.8 Å². The smallest absolute Gasteiger partial charge is 0.264 e. The second-order valence-corrected chi connectivity index (χ2v) is 6.25. The van der Waals surface area contributed by atoms with Crippen molar-refractivity contribution in [1.82, 2.24) is 15.0 Å². The standard InChI is InChI=1S/C19H19N3O4/c23-19(15-8-10-24-12-15)22-9-4-5-14(11-22)18-20-17(26-21-18)13-25-16-6-2-1-3-7-16/h1-3,6-8,10,12,14H,4-5,9,11,13H2. The Hall–Kier alpha value is -3.09. The number of rotatable bonds is 5. The van der Waals surface area contributed by atoms with Gasteiger partial charge in [-0.15, -0.1) is 0 Å². The van der Waals surface area contributed by atoms with Gasteiger partial charge in [-0.25, -0.2) is 0 Å². The topological polar surface area (TPSA) is 81.6 Å². The SMILES string of the molecule is O=C(c1ccoc1)N1CCCC(c2noc(COc3ccccc3)n2)C1. The number of carbonyl (C=O) groups excluding carboxylic acids is 1. The second kappa shape index (κ2) is 7.43. The second-order valence-electron chi connectivity index (χ2n) is 6.25. The van der Waals surface area contributed by atoms with Crippen LogP contribution in [0.15, 0.2) is 57.9 Å². The van der Waals surface area contributed by atoms with Crippen LogP contribution in [0.4, 0.5) is 0 Å². The molecule has 1 saturated heterocycles. The third kappa shape index (κ3) is 3.61. The molecule has 1 aliphatic heterocycles. The lowest BCUT2D eigenvalue weighted by atomic mass is 9.97. The van der Waals surface area contributed by atoms with Crippen molar-refractivity contribution < 1.29 is 18.5 Å². The predicted octanol–water partition coefficient (Wildman–Crippen LogP) is 3.26. The largest absolute Gasteiger partial charge is 0.484 e. The third-order valence-electron chi connectivity index (χ3n) is 4.43. The number of carbonyl (C=O) groups is 1. The molecule has 0 radical (unpaired) electrons. The highest BCUT2D eigenvalue weighted by Gasteiger charge is 2.29. The minimum absolute atomic E-state index is 0.0282. The van der Waals surface area contributed by atoms with E-state index < -0.39 is 0 Å². The number of nitrogens with zero attached hydrogens (tertiary/aromatic N) is 3. The first kappa shape index (κ1) is 16.4. The number of benzene rings is 1.